The van der Waals surface area contributed by atoms with Crippen LogP contribution in [0.5, 0.6) is 0 Å². The molecule has 1 amide bonds. The number of nitrogens with one attached hydrogen (secondary N) is 1. The summed E-state index contributed by atoms with van der Waals surface area (Å²) in [6, 6.07) is 4.07. The second-order valence-electron chi connectivity index (χ2n) is 5.02. The van der Waals surface area contributed by atoms with Crippen LogP contribution in [0, 0.1) is 12.8 Å². The molecule has 1 saturated carbocycles. The van der Waals surface area contributed by atoms with Gasteiger partial charge in [-0.1, -0.05) is 6.07 Å². The van der Waals surface area contributed by atoms with Crippen LogP contribution >= 0.6 is 0 Å². The van der Waals surface area contributed by atoms with E-state index in [0.29, 0.717) is 6.54 Å². The summed E-state index contributed by atoms with van der Waals surface area (Å²) in [6.45, 7) is 2.74. The van der Waals surface area contributed by atoms with Gasteiger partial charge in [0.15, 0.2) is 0 Å². The second kappa shape index (κ2) is 4.44. The lowest BCUT2D eigenvalue weighted by Gasteiger charge is -2.01. The summed E-state index contributed by atoms with van der Waals surface area (Å²) >= 11 is 0. The van der Waals surface area contributed by atoms with Crippen molar-refractivity contribution in [3.05, 3.63) is 35.8 Å². The highest BCUT2D eigenvalue weighted by Crippen LogP contribution is 2.28. The molecule has 0 atom stereocenters. The Morgan fingerprint density at radius 3 is 3.06 bits per heavy atom. The molecule has 2 aromatic rings. The Kier molecular flexibility index (Phi) is 2.78. The topological polar surface area (TPSA) is 46.4 Å². The molecule has 0 aliphatic heterocycles. The monoisotopic (exact) mass is 243 g/mol. The van der Waals surface area contributed by atoms with Crippen molar-refractivity contribution in [3.8, 4) is 0 Å². The Balaban J connectivity index is 1.61. The first-order valence-electron chi connectivity index (χ1n) is 6.44. The number of nitrogens with zero attached hydrogens (tertiary/aromatic N) is 2. The molecule has 94 valence electrons. The number of pyridine rings is 1. The van der Waals surface area contributed by atoms with E-state index in [4.69, 9.17) is 0 Å². The van der Waals surface area contributed by atoms with Crippen molar-refractivity contribution in [1.29, 1.82) is 0 Å². The Hall–Kier alpha value is -1.84. The molecule has 3 rings (SSSR count). The summed E-state index contributed by atoms with van der Waals surface area (Å²) in [5.74, 6) is 0.489. The van der Waals surface area contributed by atoms with Gasteiger partial charge in [-0.05, 0) is 31.4 Å². The van der Waals surface area contributed by atoms with Gasteiger partial charge in [0.25, 0.3) is 0 Å². The van der Waals surface area contributed by atoms with Crippen LogP contribution in [0.25, 0.3) is 5.65 Å². The zero-order chi connectivity index (χ0) is 12.5. The van der Waals surface area contributed by atoms with E-state index < -0.39 is 0 Å². The molecule has 4 heteroatoms. The Labute approximate surface area is 106 Å². The first-order valence-corrected chi connectivity index (χ1v) is 6.44. The van der Waals surface area contributed by atoms with E-state index >= 15 is 0 Å². The fourth-order valence-electron chi connectivity index (χ4n) is 2.08. The highest BCUT2D eigenvalue weighted by Gasteiger charge is 2.28. The van der Waals surface area contributed by atoms with Crippen molar-refractivity contribution in [1.82, 2.24) is 14.7 Å². The van der Waals surface area contributed by atoms with Gasteiger partial charge in [-0.15, -0.1) is 0 Å². The smallest absolute Gasteiger partial charge is 0.223 e. The van der Waals surface area contributed by atoms with Gasteiger partial charge in [0.2, 0.25) is 5.91 Å². The number of carbonyl (C=O) groups excluding carboxylic acids is 1. The van der Waals surface area contributed by atoms with Crippen molar-refractivity contribution in [2.24, 2.45) is 5.92 Å². The molecule has 2 aromatic heterocycles. The minimum atomic E-state index is 0.203. The van der Waals surface area contributed by atoms with Gasteiger partial charge >= 0.3 is 0 Å². The molecule has 0 bridgehead atoms. The largest absolute Gasteiger partial charge is 0.355 e. The third kappa shape index (κ3) is 2.37. The lowest BCUT2D eigenvalue weighted by molar-refractivity contribution is -0.122. The fourth-order valence-corrected chi connectivity index (χ4v) is 2.08. The van der Waals surface area contributed by atoms with E-state index in [1.807, 2.05) is 16.7 Å². The molecular formula is C14H17N3O. The Morgan fingerprint density at radius 2 is 2.28 bits per heavy atom. The molecule has 1 fully saturated rings. The number of aryl methyl sites for hydroxylation is 1. The second-order valence-corrected chi connectivity index (χ2v) is 5.02. The average molecular weight is 243 g/mol. The van der Waals surface area contributed by atoms with Crippen molar-refractivity contribution in [2.45, 2.75) is 26.2 Å². The lowest BCUT2D eigenvalue weighted by Crippen LogP contribution is -2.26. The first-order chi connectivity index (χ1) is 8.72. The number of rotatable bonds is 4. The number of amides is 1. The highest BCUT2D eigenvalue weighted by molar-refractivity contribution is 5.80. The van der Waals surface area contributed by atoms with Crippen molar-refractivity contribution < 1.29 is 4.79 Å². The Bertz CT molecular complexity index is 584. The van der Waals surface area contributed by atoms with E-state index in [-0.39, 0.29) is 11.8 Å². The molecule has 0 unspecified atom stereocenters. The van der Waals surface area contributed by atoms with Crippen LogP contribution in [0.2, 0.25) is 0 Å². The number of imidazole rings is 1. The number of hydrogen-bond acceptors (Lipinski definition) is 2. The van der Waals surface area contributed by atoms with Gasteiger partial charge in [0, 0.05) is 31.3 Å². The van der Waals surface area contributed by atoms with Gasteiger partial charge in [0.1, 0.15) is 5.65 Å². The SMILES string of the molecule is Cc1ccc2nc(CCNC(=O)C3CC3)cn2c1. The zero-order valence-corrected chi connectivity index (χ0v) is 10.5. The first kappa shape index (κ1) is 11.3. The summed E-state index contributed by atoms with van der Waals surface area (Å²) in [5, 5.41) is 2.96. The van der Waals surface area contributed by atoms with Crippen LogP contribution in [0.1, 0.15) is 24.1 Å². The third-order valence-electron chi connectivity index (χ3n) is 3.28. The van der Waals surface area contributed by atoms with E-state index in [0.717, 1.165) is 30.6 Å². The predicted molar refractivity (Wildman–Crippen MR) is 69.4 cm³/mol. The molecule has 0 saturated heterocycles. The quantitative estimate of drug-likeness (QED) is 0.888. The maximum absolute atomic E-state index is 11.5. The van der Waals surface area contributed by atoms with Gasteiger partial charge in [-0.2, -0.15) is 0 Å². The van der Waals surface area contributed by atoms with Gasteiger partial charge in [0.05, 0.1) is 5.69 Å². The molecule has 0 aromatic carbocycles. The number of fused-ring (bicyclic) bond motifs is 1. The standard InChI is InChI=1S/C14H17N3O/c1-10-2-5-13-16-12(9-17(13)8-10)6-7-15-14(18)11-3-4-11/h2,5,8-9,11H,3-4,6-7H2,1H3,(H,15,18). The van der Waals surface area contributed by atoms with Crippen LogP contribution in [0.15, 0.2) is 24.5 Å². The van der Waals surface area contributed by atoms with E-state index in [1.165, 1.54) is 5.56 Å². The van der Waals surface area contributed by atoms with Gasteiger partial charge in [-0.25, -0.2) is 4.98 Å². The van der Waals surface area contributed by atoms with Gasteiger partial charge < -0.3 is 9.72 Å². The zero-order valence-electron chi connectivity index (χ0n) is 10.5. The molecular weight excluding hydrogens is 226 g/mol. The van der Waals surface area contributed by atoms with E-state index in [2.05, 4.69) is 29.5 Å². The third-order valence-corrected chi connectivity index (χ3v) is 3.28. The fraction of sp³-hybridized carbons (Fsp3) is 0.429. The van der Waals surface area contributed by atoms with Crippen LogP contribution in [-0.4, -0.2) is 21.8 Å². The highest BCUT2D eigenvalue weighted by atomic mass is 16.2. The van der Waals surface area contributed by atoms with Crippen molar-refractivity contribution in [2.75, 3.05) is 6.54 Å². The van der Waals surface area contributed by atoms with Crippen LogP contribution < -0.4 is 5.32 Å². The predicted octanol–water partition coefficient (Wildman–Crippen LogP) is 1.71. The number of aromatic nitrogens is 2. The van der Waals surface area contributed by atoms with Crippen molar-refractivity contribution >= 4 is 11.6 Å². The average Bonchev–Trinajstić information content (AvgIpc) is 3.11. The summed E-state index contributed by atoms with van der Waals surface area (Å²) in [5.41, 5.74) is 3.20. The number of carbonyl (C=O) groups is 1. The lowest BCUT2D eigenvalue weighted by atomic mass is 10.3. The summed E-state index contributed by atoms with van der Waals surface area (Å²) in [4.78, 5) is 16.0. The Morgan fingerprint density at radius 1 is 1.44 bits per heavy atom. The molecule has 0 radical (unpaired) electrons. The minimum Gasteiger partial charge on any atom is -0.355 e. The molecule has 1 N–H and O–H groups in total. The molecule has 1 aliphatic rings. The van der Waals surface area contributed by atoms with Crippen LogP contribution in [0.4, 0.5) is 0 Å². The summed E-state index contributed by atoms with van der Waals surface area (Å²) in [7, 11) is 0. The van der Waals surface area contributed by atoms with Crippen LogP contribution in [-0.2, 0) is 11.2 Å². The number of hydrogen-bond donors (Lipinski definition) is 1. The van der Waals surface area contributed by atoms with E-state index in [9.17, 15) is 4.79 Å². The minimum absolute atomic E-state index is 0.203. The molecule has 1 aliphatic carbocycles. The molecule has 18 heavy (non-hydrogen) atoms. The molecule has 2 heterocycles. The molecule has 4 nitrogen and oxygen atoms in total. The maximum atomic E-state index is 11.5. The van der Waals surface area contributed by atoms with E-state index in [1.54, 1.807) is 0 Å². The normalized spacial score (nSPS) is 14.9. The molecule has 0 spiro atoms. The maximum Gasteiger partial charge on any atom is 0.223 e. The summed E-state index contributed by atoms with van der Waals surface area (Å²) in [6.07, 6.45) is 7.00. The van der Waals surface area contributed by atoms with Crippen LogP contribution in [0.3, 0.4) is 0 Å². The van der Waals surface area contributed by atoms with Gasteiger partial charge in [-0.3, -0.25) is 4.79 Å². The van der Waals surface area contributed by atoms with Crippen molar-refractivity contribution in [3.63, 3.8) is 0 Å². The summed E-state index contributed by atoms with van der Waals surface area (Å²) < 4.78 is 2.04.